The van der Waals surface area contributed by atoms with Gasteiger partial charge >= 0.3 is 0 Å². The number of amides is 1. The van der Waals surface area contributed by atoms with Gasteiger partial charge in [-0.15, -0.1) is 5.10 Å². The number of carbonyl (C=O) groups is 1. The fraction of sp³-hybridized carbons (Fsp3) is 0.467. The molecular formula is C15H18N2O2. The summed E-state index contributed by atoms with van der Waals surface area (Å²) >= 11 is 0. The molecular weight excluding hydrogens is 240 g/mol. The van der Waals surface area contributed by atoms with E-state index in [4.69, 9.17) is 4.74 Å². The number of nitrogens with zero attached hydrogens (tertiary/aromatic N) is 2. The summed E-state index contributed by atoms with van der Waals surface area (Å²) in [5, 5.41) is 5.87. The Bertz CT molecular complexity index is 553. The number of benzene rings is 1. The molecule has 1 heterocycles. The molecule has 0 aromatic heterocycles. The minimum Gasteiger partial charge on any atom is -0.447 e. The number of hydrogen-bond donors (Lipinski definition) is 0. The van der Waals surface area contributed by atoms with E-state index in [1.54, 1.807) is 5.01 Å². The Kier molecular flexibility index (Phi) is 2.81. The van der Waals surface area contributed by atoms with E-state index in [-0.39, 0.29) is 5.91 Å². The summed E-state index contributed by atoms with van der Waals surface area (Å²) in [4.78, 5) is 12.2. The average molecular weight is 258 g/mol. The molecule has 1 aromatic rings. The lowest BCUT2D eigenvalue weighted by Crippen LogP contribution is -2.46. The minimum absolute atomic E-state index is 0.00792. The lowest BCUT2D eigenvalue weighted by molar-refractivity contribution is -0.153. The van der Waals surface area contributed by atoms with Crippen molar-refractivity contribution in [1.29, 1.82) is 0 Å². The summed E-state index contributed by atoms with van der Waals surface area (Å²) in [5.41, 5.74) is 1.64. The van der Waals surface area contributed by atoms with Gasteiger partial charge in [-0.3, -0.25) is 4.79 Å². The quantitative estimate of drug-likeness (QED) is 0.777. The zero-order chi connectivity index (χ0) is 13.5. The van der Waals surface area contributed by atoms with Crippen LogP contribution in [0.3, 0.4) is 0 Å². The summed E-state index contributed by atoms with van der Waals surface area (Å²) in [7, 11) is 0. The normalized spacial score (nSPS) is 24.9. The van der Waals surface area contributed by atoms with Gasteiger partial charge < -0.3 is 4.74 Å². The first-order valence-corrected chi connectivity index (χ1v) is 6.83. The lowest BCUT2D eigenvalue weighted by atomic mass is 9.84. The second-order valence-electron chi connectivity index (χ2n) is 5.08. The number of aryl methyl sites for hydroxylation is 1. The smallest absolute Gasteiger partial charge is 0.246 e. The number of fused-ring (bicyclic) bond motifs is 2. The highest BCUT2D eigenvalue weighted by atomic mass is 16.6. The van der Waals surface area contributed by atoms with E-state index in [0.29, 0.717) is 12.3 Å². The van der Waals surface area contributed by atoms with E-state index >= 15 is 0 Å². The van der Waals surface area contributed by atoms with Crippen molar-refractivity contribution in [3.63, 3.8) is 0 Å². The van der Waals surface area contributed by atoms with E-state index in [9.17, 15) is 4.79 Å². The number of carbonyl (C=O) groups excluding carboxylic acids is 1. The van der Waals surface area contributed by atoms with E-state index in [0.717, 1.165) is 24.8 Å². The maximum atomic E-state index is 12.2. The van der Waals surface area contributed by atoms with Crippen molar-refractivity contribution >= 4 is 11.8 Å². The Labute approximate surface area is 113 Å². The molecule has 19 heavy (non-hydrogen) atoms. The molecule has 0 saturated carbocycles. The first-order chi connectivity index (χ1) is 9.17. The third-order valence-corrected chi connectivity index (χ3v) is 3.84. The molecule has 2 aliphatic rings. The van der Waals surface area contributed by atoms with Gasteiger partial charge in [0.2, 0.25) is 17.5 Å². The van der Waals surface area contributed by atoms with E-state index in [1.807, 2.05) is 26.0 Å². The first kappa shape index (κ1) is 12.2. The van der Waals surface area contributed by atoms with Gasteiger partial charge in [0, 0.05) is 25.3 Å². The molecule has 3 rings (SSSR count). The van der Waals surface area contributed by atoms with Gasteiger partial charge in [-0.25, -0.2) is 0 Å². The molecule has 4 nitrogen and oxygen atoms in total. The van der Waals surface area contributed by atoms with Crippen molar-refractivity contribution in [3.05, 3.63) is 35.4 Å². The topological polar surface area (TPSA) is 41.9 Å². The highest BCUT2D eigenvalue weighted by Crippen LogP contribution is 2.44. The number of ether oxygens (including phenoxy) is 1. The Morgan fingerprint density at radius 3 is 3.05 bits per heavy atom. The summed E-state index contributed by atoms with van der Waals surface area (Å²) in [6.45, 7) is 3.66. The van der Waals surface area contributed by atoms with Crippen molar-refractivity contribution in [3.8, 4) is 0 Å². The van der Waals surface area contributed by atoms with E-state index in [2.05, 4.69) is 17.2 Å². The third kappa shape index (κ3) is 1.74. The average Bonchev–Trinajstić information content (AvgIpc) is 2.76. The highest BCUT2D eigenvalue weighted by molar-refractivity contribution is 5.83. The predicted molar refractivity (Wildman–Crippen MR) is 72.4 cm³/mol. The van der Waals surface area contributed by atoms with Crippen LogP contribution < -0.4 is 0 Å². The van der Waals surface area contributed by atoms with Crippen LogP contribution in [0, 0.1) is 0 Å². The molecule has 1 atom stereocenters. The molecule has 0 bridgehead atoms. The highest BCUT2D eigenvalue weighted by Gasteiger charge is 2.50. The molecule has 1 amide bonds. The molecule has 4 heteroatoms. The molecule has 1 unspecified atom stereocenters. The summed E-state index contributed by atoms with van der Waals surface area (Å²) in [6.07, 6.45) is 3.28. The fourth-order valence-electron chi connectivity index (χ4n) is 3.04. The van der Waals surface area contributed by atoms with Gasteiger partial charge in [-0.1, -0.05) is 31.2 Å². The van der Waals surface area contributed by atoms with Crippen molar-refractivity contribution < 1.29 is 9.53 Å². The Balaban J connectivity index is 2.11. The van der Waals surface area contributed by atoms with Crippen molar-refractivity contribution in [2.24, 2.45) is 5.10 Å². The van der Waals surface area contributed by atoms with Crippen molar-refractivity contribution in [2.75, 3.05) is 0 Å². The minimum atomic E-state index is -0.702. The van der Waals surface area contributed by atoms with Gasteiger partial charge in [0.05, 0.1) is 0 Å². The molecule has 0 saturated heterocycles. The van der Waals surface area contributed by atoms with Gasteiger partial charge in [0.15, 0.2) is 0 Å². The number of hydrogen-bond acceptors (Lipinski definition) is 3. The third-order valence-electron chi connectivity index (χ3n) is 3.84. The van der Waals surface area contributed by atoms with Crippen molar-refractivity contribution in [1.82, 2.24) is 5.01 Å². The van der Waals surface area contributed by atoms with E-state index < -0.39 is 5.72 Å². The van der Waals surface area contributed by atoms with Gasteiger partial charge in [-0.05, 0) is 18.4 Å². The number of rotatable bonds is 1. The van der Waals surface area contributed by atoms with Crippen molar-refractivity contribution in [2.45, 2.75) is 45.3 Å². The van der Waals surface area contributed by atoms with Crippen LogP contribution in [0.25, 0.3) is 0 Å². The Morgan fingerprint density at radius 1 is 1.47 bits per heavy atom. The fourth-order valence-corrected chi connectivity index (χ4v) is 3.04. The van der Waals surface area contributed by atoms with Crippen LogP contribution >= 0.6 is 0 Å². The van der Waals surface area contributed by atoms with Crippen LogP contribution in [0.2, 0.25) is 0 Å². The zero-order valence-electron chi connectivity index (χ0n) is 11.3. The van der Waals surface area contributed by atoms with Crippen LogP contribution in [0.5, 0.6) is 0 Å². The predicted octanol–water partition coefficient (Wildman–Crippen LogP) is 2.78. The van der Waals surface area contributed by atoms with Crippen LogP contribution in [0.15, 0.2) is 29.4 Å². The lowest BCUT2D eigenvalue weighted by Gasteiger charge is -2.39. The van der Waals surface area contributed by atoms with Crippen LogP contribution in [0.1, 0.15) is 44.2 Å². The molecule has 1 aromatic carbocycles. The summed E-state index contributed by atoms with van der Waals surface area (Å²) < 4.78 is 6.01. The largest absolute Gasteiger partial charge is 0.447 e. The van der Waals surface area contributed by atoms with Gasteiger partial charge in [0.1, 0.15) is 0 Å². The molecule has 1 spiro atoms. The van der Waals surface area contributed by atoms with Gasteiger partial charge in [0.25, 0.3) is 0 Å². The monoisotopic (exact) mass is 258 g/mol. The van der Waals surface area contributed by atoms with Crippen LogP contribution in [-0.2, 0) is 21.7 Å². The van der Waals surface area contributed by atoms with E-state index in [1.165, 1.54) is 5.56 Å². The Hall–Kier alpha value is -1.84. The molecule has 1 aliphatic carbocycles. The molecule has 1 aliphatic heterocycles. The molecule has 0 N–H and O–H groups in total. The molecule has 0 fully saturated rings. The van der Waals surface area contributed by atoms with Gasteiger partial charge in [-0.2, -0.15) is 5.01 Å². The maximum Gasteiger partial charge on any atom is 0.246 e. The Morgan fingerprint density at radius 2 is 2.26 bits per heavy atom. The number of hydrazone groups is 1. The zero-order valence-corrected chi connectivity index (χ0v) is 11.3. The summed E-state index contributed by atoms with van der Waals surface area (Å²) in [5.74, 6) is 0.576. The van der Waals surface area contributed by atoms with Crippen LogP contribution in [0.4, 0.5) is 0 Å². The SMILES string of the molecule is CCC(=O)N1N=C(C)OC12CCCc1ccccc12. The second-order valence-corrected chi connectivity index (χ2v) is 5.08. The van der Waals surface area contributed by atoms with Crippen LogP contribution in [-0.4, -0.2) is 16.8 Å². The molecule has 0 radical (unpaired) electrons. The first-order valence-electron chi connectivity index (χ1n) is 6.83. The maximum absolute atomic E-state index is 12.2. The second kappa shape index (κ2) is 4.37. The molecule has 100 valence electrons. The summed E-state index contributed by atoms with van der Waals surface area (Å²) in [6, 6.07) is 8.20. The standard InChI is InChI=1S/C15H18N2O2/c1-3-14(18)17-15(19-11(2)16-17)10-6-8-12-7-4-5-9-13(12)15/h4-5,7,9H,3,6,8,10H2,1-2H3.